The Hall–Kier alpha value is -1.32. The summed E-state index contributed by atoms with van der Waals surface area (Å²) in [4.78, 5) is 18.4. The molecule has 0 bridgehead atoms. The van der Waals surface area contributed by atoms with Gasteiger partial charge in [0.2, 0.25) is 5.91 Å². The molecule has 0 unspecified atom stereocenters. The monoisotopic (exact) mass is 279 g/mol. The molecule has 1 aromatic rings. The fourth-order valence-corrected chi connectivity index (χ4v) is 2.68. The second-order valence-electron chi connectivity index (χ2n) is 5.97. The van der Waals surface area contributed by atoms with Gasteiger partial charge in [0, 0.05) is 37.4 Å². The normalized spacial score (nSPS) is 11.3. The Morgan fingerprint density at radius 2 is 1.85 bits per heavy atom. The van der Waals surface area contributed by atoms with Crippen molar-refractivity contribution in [3.63, 3.8) is 0 Å². The molecule has 0 aliphatic rings. The highest BCUT2D eigenvalue weighted by atomic mass is 16.2. The average molecular weight is 279 g/mol. The molecule has 0 aromatic carbocycles. The van der Waals surface area contributed by atoms with Gasteiger partial charge in [-0.15, -0.1) is 0 Å². The summed E-state index contributed by atoms with van der Waals surface area (Å²) in [6.45, 7) is 11.4. The average Bonchev–Trinajstić information content (AvgIpc) is 2.73. The molecule has 4 heteroatoms. The van der Waals surface area contributed by atoms with E-state index in [1.807, 2.05) is 24.2 Å². The zero-order chi connectivity index (χ0) is 15.1. The Morgan fingerprint density at radius 1 is 1.20 bits per heavy atom. The van der Waals surface area contributed by atoms with Crippen LogP contribution in [0.3, 0.4) is 0 Å². The van der Waals surface area contributed by atoms with E-state index in [1.165, 1.54) is 0 Å². The predicted octanol–water partition coefficient (Wildman–Crippen LogP) is 3.40. The number of unbranched alkanes of at least 4 members (excludes halogenated alkanes) is 2. The van der Waals surface area contributed by atoms with E-state index >= 15 is 0 Å². The fourth-order valence-electron chi connectivity index (χ4n) is 2.68. The van der Waals surface area contributed by atoms with Crippen LogP contribution in [0.2, 0.25) is 0 Å². The van der Waals surface area contributed by atoms with Crippen molar-refractivity contribution in [2.24, 2.45) is 0 Å². The van der Waals surface area contributed by atoms with Gasteiger partial charge < -0.3 is 9.47 Å². The van der Waals surface area contributed by atoms with Gasteiger partial charge >= 0.3 is 0 Å². The number of nitrogens with zero attached hydrogens (tertiary/aromatic N) is 3. The summed E-state index contributed by atoms with van der Waals surface area (Å²) in [5.41, 5.74) is 0. The molecule has 0 fully saturated rings. The minimum atomic E-state index is 0.286. The Morgan fingerprint density at radius 3 is 2.35 bits per heavy atom. The largest absolute Gasteiger partial charge is 0.338 e. The third-order valence-electron chi connectivity index (χ3n) is 3.61. The number of aryl methyl sites for hydroxylation is 2. The minimum Gasteiger partial charge on any atom is -0.338 e. The summed E-state index contributed by atoms with van der Waals surface area (Å²) in [5.74, 6) is 1.35. The highest BCUT2D eigenvalue weighted by Crippen LogP contribution is 2.11. The van der Waals surface area contributed by atoms with E-state index in [-0.39, 0.29) is 18.0 Å². The van der Waals surface area contributed by atoms with Gasteiger partial charge in [-0.3, -0.25) is 4.79 Å². The smallest absolute Gasteiger partial charge is 0.223 e. The number of rotatable bonds is 8. The van der Waals surface area contributed by atoms with Crippen molar-refractivity contribution in [3.05, 3.63) is 18.2 Å². The van der Waals surface area contributed by atoms with Gasteiger partial charge in [-0.1, -0.05) is 6.42 Å². The van der Waals surface area contributed by atoms with Gasteiger partial charge in [-0.2, -0.15) is 0 Å². The SMILES string of the molecule is Cc1nccn1CCCCCC(=O)N(C(C)C)C(C)C. The number of aromatic nitrogens is 2. The van der Waals surface area contributed by atoms with Crippen LogP contribution in [0.5, 0.6) is 0 Å². The number of imidazole rings is 1. The van der Waals surface area contributed by atoms with Crippen molar-refractivity contribution in [3.8, 4) is 0 Å². The van der Waals surface area contributed by atoms with E-state index in [0.29, 0.717) is 6.42 Å². The molecule has 0 spiro atoms. The molecule has 1 heterocycles. The summed E-state index contributed by atoms with van der Waals surface area (Å²) < 4.78 is 2.16. The third kappa shape index (κ3) is 4.99. The van der Waals surface area contributed by atoms with Gasteiger partial charge in [-0.05, 0) is 47.5 Å². The van der Waals surface area contributed by atoms with Crippen LogP contribution in [0.15, 0.2) is 12.4 Å². The first-order valence-electron chi connectivity index (χ1n) is 7.72. The molecule has 0 saturated heterocycles. The van der Waals surface area contributed by atoms with E-state index in [4.69, 9.17) is 0 Å². The van der Waals surface area contributed by atoms with Gasteiger partial charge in [0.25, 0.3) is 0 Å². The molecule has 4 nitrogen and oxygen atoms in total. The van der Waals surface area contributed by atoms with Crippen LogP contribution >= 0.6 is 0 Å². The highest BCUT2D eigenvalue weighted by molar-refractivity contribution is 5.76. The quantitative estimate of drug-likeness (QED) is 0.684. The molecule has 0 aliphatic carbocycles. The number of carbonyl (C=O) groups excluding carboxylic acids is 1. The number of hydrogen-bond donors (Lipinski definition) is 0. The molecule has 0 saturated carbocycles. The van der Waals surface area contributed by atoms with E-state index in [9.17, 15) is 4.79 Å². The molecule has 1 rings (SSSR count). The van der Waals surface area contributed by atoms with Crippen molar-refractivity contribution < 1.29 is 4.79 Å². The lowest BCUT2D eigenvalue weighted by atomic mass is 10.1. The fraction of sp³-hybridized carbons (Fsp3) is 0.750. The summed E-state index contributed by atoms with van der Waals surface area (Å²) in [5, 5.41) is 0. The lowest BCUT2D eigenvalue weighted by molar-refractivity contribution is -0.134. The van der Waals surface area contributed by atoms with Crippen LogP contribution in [-0.2, 0) is 11.3 Å². The maximum atomic E-state index is 12.2. The van der Waals surface area contributed by atoms with Crippen molar-refractivity contribution in [2.75, 3.05) is 0 Å². The molecule has 1 amide bonds. The molecular weight excluding hydrogens is 250 g/mol. The molecule has 0 atom stereocenters. The zero-order valence-electron chi connectivity index (χ0n) is 13.6. The maximum absolute atomic E-state index is 12.2. The third-order valence-corrected chi connectivity index (χ3v) is 3.61. The van der Waals surface area contributed by atoms with Crippen molar-refractivity contribution in [1.82, 2.24) is 14.5 Å². The van der Waals surface area contributed by atoms with Crippen molar-refractivity contribution >= 4 is 5.91 Å². The Labute approximate surface area is 123 Å². The Balaban J connectivity index is 2.23. The summed E-state index contributed by atoms with van der Waals surface area (Å²) in [6.07, 6.45) is 7.69. The van der Waals surface area contributed by atoms with Crippen LogP contribution in [0.1, 0.15) is 59.2 Å². The molecule has 114 valence electrons. The second kappa shape index (κ2) is 8.08. The lowest BCUT2D eigenvalue weighted by Gasteiger charge is -2.30. The van der Waals surface area contributed by atoms with Crippen LogP contribution in [-0.4, -0.2) is 32.4 Å². The number of hydrogen-bond acceptors (Lipinski definition) is 2. The van der Waals surface area contributed by atoms with Gasteiger partial charge in [0.1, 0.15) is 5.82 Å². The first-order valence-corrected chi connectivity index (χ1v) is 7.72. The molecule has 1 aromatic heterocycles. The first kappa shape index (κ1) is 16.7. The molecular formula is C16H29N3O. The van der Waals surface area contributed by atoms with Gasteiger partial charge in [0.15, 0.2) is 0 Å². The summed E-state index contributed by atoms with van der Waals surface area (Å²) in [7, 11) is 0. The van der Waals surface area contributed by atoms with Crippen molar-refractivity contribution in [2.45, 2.75) is 78.9 Å². The van der Waals surface area contributed by atoms with Crippen molar-refractivity contribution in [1.29, 1.82) is 0 Å². The molecule has 0 radical (unpaired) electrons. The molecule has 0 N–H and O–H groups in total. The summed E-state index contributed by atoms with van der Waals surface area (Å²) in [6, 6.07) is 0.576. The Bertz CT molecular complexity index is 402. The maximum Gasteiger partial charge on any atom is 0.223 e. The zero-order valence-corrected chi connectivity index (χ0v) is 13.6. The first-order chi connectivity index (χ1) is 9.43. The molecule has 20 heavy (non-hydrogen) atoms. The Kier molecular flexibility index (Phi) is 6.76. The predicted molar refractivity (Wildman–Crippen MR) is 82.6 cm³/mol. The number of carbonyl (C=O) groups is 1. The second-order valence-corrected chi connectivity index (χ2v) is 5.97. The van der Waals surface area contributed by atoms with E-state index < -0.39 is 0 Å². The standard InChI is InChI=1S/C16H29N3O/c1-13(2)19(14(3)4)16(20)9-7-6-8-11-18-12-10-17-15(18)5/h10,12-14H,6-9,11H2,1-5H3. The van der Waals surface area contributed by atoms with Crippen LogP contribution in [0.25, 0.3) is 0 Å². The number of amides is 1. The van der Waals surface area contributed by atoms with Gasteiger partial charge in [0.05, 0.1) is 0 Å². The van der Waals surface area contributed by atoms with Crippen LogP contribution in [0.4, 0.5) is 0 Å². The van der Waals surface area contributed by atoms with E-state index in [2.05, 4.69) is 37.2 Å². The highest BCUT2D eigenvalue weighted by Gasteiger charge is 2.18. The summed E-state index contributed by atoms with van der Waals surface area (Å²) >= 11 is 0. The topological polar surface area (TPSA) is 38.1 Å². The minimum absolute atomic E-state index is 0.286. The van der Waals surface area contributed by atoms with Crippen LogP contribution < -0.4 is 0 Å². The van der Waals surface area contributed by atoms with E-state index in [0.717, 1.165) is 31.6 Å². The van der Waals surface area contributed by atoms with E-state index in [1.54, 1.807) is 0 Å². The van der Waals surface area contributed by atoms with Gasteiger partial charge in [-0.25, -0.2) is 4.98 Å². The molecule has 0 aliphatic heterocycles. The van der Waals surface area contributed by atoms with Crippen LogP contribution in [0, 0.1) is 6.92 Å². The lowest BCUT2D eigenvalue weighted by Crippen LogP contribution is -2.41.